The van der Waals surface area contributed by atoms with E-state index in [0.717, 1.165) is 16.1 Å². The molecule has 34 heavy (non-hydrogen) atoms. The van der Waals surface area contributed by atoms with Gasteiger partial charge in [0.05, 0.1) is 18.0 Å². The van der Waals surface area contributed by atoms with E-state index in [-0.39, 0.29) is 12.5 Å². The highest BCUT2D eigenvalue weighted by molar-refractivity contribution is 7.99. The first-order valence-electron chi connectivity index (χ1n) is 10.7. The molecule has 1 aliphatic rings. The molecule has 0 saturated carbocycles. The Morgan fingerprint density at radius 1 is 1.24 bits per heavy atom. The number of carbonyl (C=O) groups is 2. The van der Waals surface area contributed by atoms with Gasteiger partial charge in [-0.1, -0.05) is 35.5 Å². The monoisotopic (exact) mass is 481 g/mol. The van der Waals surface area contributed by atoms with Crippen LogP contribution in [-0.4, -0.2) is 63.7 Å². The third-order valence-corrected chi connectivity index (χ3v) is 6.53. The van der Waals surface area contributed by atoms with E-state index in [1.165, 1.54) is 23.9 Å². The molecule has 2 aromatic carbocycles. The predicted octanol–water partition coefficient (Wildman–Crippen LogP) is 4.22. The summed E-state index contributed by atoms with van der Waals surface area (Å²) in [6.45, 7) is 1.10. The molecule has 2 atom stereocenters. The van der Waals surface area contributed by atoms with Crippen LogP contribution in [0.1, 0.15) is 10.8 Å². The second kappa shape index (κ2) is 12.1. The molecule has 2 aromatic rings. The maximum Gasteiger partial charge on any atom is 0.331 e. The standard InChI is InChI=1S/C24H27N5O4S/c1-28(2)15-16-29-19-7-4-5-8-20(19)34-23(17-10-12-18(32-3)13-11-17)22(24(29)31)33-21(30)9-6-14-26-27-25/h4-13,22-23H,14-16H2,1-3H3/b9-6-. The Morgan fingerprint density at radius 2 is 1.97 bits per heavy atom. The molecule has 0 aromatic heterocycles. The van der Waals surface area contributed by atoms with Crippen LogP contribution in [0.15, 0.2) is 70.7 Å². The molecule has 0 N–H and O–H groups in total. The lowest BCUT2D eigenvalue weighted by atomic mass is 10.1. The highest BCUT2D eigenvalue weighted by Crippen LogP contribution is 2.46. The zero-order chi connectivity index (χ0) is 24.5. The molecular formula is C24H27N5O4S. The molecule has 0 saturated heterocycles. The van der Waals surface area contributed by atoms with Crippen molar-refractivity contribution in [3.8, 4) is 5.75 Å². The fourth-order valence-corrected chi connectivity index (χ4v) is 4.77. The maximum atomic E-state index is 13.8. The van der Waals surface area contributed by atoms with Crippen molar-refractivity contribution >= 4 is 29.3 Å². The van der Waals surface area contributed by atoms with Gasteiger partial charge in [0.1, 0.15) is 5.75 Å². The van der Waals surface area contributed by atoms with Crippen molar-refractivity contribution in [2.75, 3.05) is 45.7 Å². The predicted molar refractivity (Wildman–Crippen MR) is 132 cm³/mol. The van der Waals surface area contributed by atoms with Gasteiger partial charge in [-0.15, -0.1) is 11.8 Å². The molecule has 178 valence electrons. The van der Waals surface area contributed by atoms with Gasteiger partial charge in [-0.2, -0.15) is 0 Å². The molecule has 1 aliphatic heterocycles. The summed E-state index contributed by atoms with van der Waals surface area (Å²) in [6.07, 6.45) is 1.52. The minimum atomic E-state index is -1.07. The highest BCUT2D eigenvalue weighted by atomic mass is 32.2. The number of rotatable bonds is 9. The third kappa shape index (κ3) is 6.32. The van der Waals surface area contributed by atoms with E-state index < -0.39 is 17.3 Å². The summed E-state index contributed by atoms with van der Waals surface area (Å²) in [6, 6.07) is 15.1. The summed E-state index contributed by atoms with van der Waals surface area (Å²) >= 11 is 1.48. The molecule has 1 heterocycles. The number of anilines is 1. The van der Waals surface area contributed by atoms with E-state index in [4.69, 9.17) is 15.0 Å². The number of carbonyl (C=O) groups excluding carboxylic acids is 2. The van der Waals surface area contributed by atoms with Crippen molar-refractivity contribution in [2.24, 2.45) is 5.11 Å². The number of benzene rings is 2. The van der Waals surface area contributed by atoms with Crippen molar-refractivity contribution in [1.82, 2.24) is 4.90 Å². The second-order valence-corrected chi connectivity index (χ2v) is 8.93. The number of methoxy groups -OCH3 is 1. The molecule has 0 spiro atoms. The number of nitrogens with zero attached hydrogens (tertiary/aromatic N) is 5. The average Bonchev–Trinajstić information content (AvgIpc) is 2.95. The fourth-order valence-electron chi connectivity index (χ4n) is 3.46. The quantitative estimate of drug-likeness (QED) is 0.174. The number of likely N-dealkylation sites (N-methyl/N-ethyl adjacent to an activating group) is 1. The second-order valence-electron chi connectivity index (χ2n) is 7.75. The first-order valence-corrected chi connectivity index (χ1v) is 11.6. The van der Waals surface area contributed by atoms with Gasteiger partial charge in [0.25, 0.3) is 5.91 Å². The topological polar surface area (TPSA) is 108 Å². The van der Waals surface area contributed by atoms with E-state index in [0.29, 0.717) is 18.8 Å². The van der Waals surface area contributed by atoms with Crippen molar-refractivity contribution in [3.05, 3.63) is 76.7 Å². The molecule has 9 nitrogen and oxygen atoms in total. The summed E-state index contributed by atoms with van der Waals surface area (Å²) in [5, 5.41) is 2.90. The van der Waals surface area contributed by atoms with Crippen molar-refractivity contribution in [3.63, 3.8) is 0 Å². The molecule has 2 unspecified atom stereocenters. The Kier molecular flexibility index (Phi) is 8.98. The molecule has 10 heteroatoms. The van der Waals surface area contributed by atoms with Crippen LogP contribution in [-0.2, 0) is 14.3 Å². The molecule has 1 amide bonds. The van der Waals surface area contributed by atoms with Gasteiger partial charge >= 0.3 is 5.97 Å². The van der Waals surface area contributed by atoms with Crippen LogP contribution in [0, 0.1) is 0 Å². The SMILES string of the molecule is COc1ccc(C2Sc3ccccc3N(CCN(C)C)C(=O)C2OC(=O)/C=C\CN=[N+]=[N-])cc1. The van der Waals surface area contributed by atoms with Crippen LogP contribution in [0.4, 0.5) is 5.69 Å². The van der Waals surface area contributed by atoms with Gasteiger partial charge in [-0.3, -0.25) is 4.79 Å². The van der Waals surface area contributed by atoms with Crippen LogP contribution in [0.3, 0.4) is 0 Å². The number of para-hydroxylation sites is 1. The summed E-state index contributed by atoms with van der Waals surface area (Å²) in [5.74, 6) is -0.280. The van der Waals surface area contributed by atoms with Crippen LogP contribution in [0.5, 0.6) is 5.75 Å². The van der Waals surface area contributed by atoms with Gasteiger partial charge in [0.2, 0.25) is 0 Å². The zero-order valence-electron chi connectivity index (χ0n) is 19.3. The number of fused-ring (bicyclic) bond motifs is 1. The molecule has 0 radical (unpaired) electrons. The Bertz CT molecular complexity index is 1080. The van der Waals surface area contributed by atoms with Crippen molar-refractivity contribution in [1.29, 1.82) is 0 Å². The lowest BCUT2D eigenvalue weighted by molar-refractivity contribution is -0.150. The molecule has 0 aliphatic carbocycles. The number of thioether (sulfide) groups is 1. The summed E-state index contributed by atoms with van der Waals surface area (Å²) in [5.41, 5.74) is 10.0. The van der Waals surface area contributed by atoms with Gasteiger partial charge < -0.3 is 19.3 Å². The average molecular weight is 482 g/mol. The Balaban J connectivity index is 2.01. The number of azide groups is 1. The van der Waals surface area contributed by atoms with Crippen LogP contribution in [0.25, 0.3) is 10.4 Å². The fraction of sp³-hybridized carbons (Fsp3) is 0.333. The van der Waals surface area contributed by atoms with Crippen molar-refractivity contribution in [2.45, 2.75) is 16.2 Å². The molecule has 3 rings (SSSR count). The van der Waals surface area contributed by atoms with Gasteiger partial charge in [0.15, 0.2) is 6.10 Å². The van der Waals surface area contributed by atoms with E-state index in [1.807, 2.05) is 67.5 Å². The zero-order valence-corrected chi connectivity index (χ0v) is 20.1. The lowest BCUT2D eigenvalue weighted by Gasteiger charge is -2.28. The number of hydrogen-bond acceptors (Lipinski definition) is 7. The van der Waals surface area contributed by atoms with Crippen LogP contribution >= 0.6 is 11.8 Å². The first-order chi connectivity index (χ1) is 16.4. The minimum absolute atomic E-state index is 0.0152. The third-order valence-electron chi connectivity index (χ3n) is 5.16. The van der Waals surface area contributed by atoms with Gasteiger partial charge in [-0.25, -0.2) is 4.79 Å². The van der Waals surface area contributed by atoms with Crippen LogP contribution in [0.2, 0.25) is 0 Å². The van der Waals surface area contributed by atoms with Crippen LogP contribution < -0.4 is 9.64 Å². The maximum absolute atomic E-state index is 13.8. The van der Waals surface area contributed by atoms with Crippen molar-refractivity contribution < 1.29 is 19.1 Å². The molecular weight excluding hydrogens is 454 g/mol. The van der Waals surface area contributed by atoms with E-state index in [2.05, 4.69) is 10.0 Å². The first kappa shape index (κ1) is 25.2. The Labute approximate surface area is 202 Å². The summed E-state index contributed by atoms with van der Waals surface area (Å²) in [7, 11) is 5.47. The van der Waals surface area contributed by atoms with Gasteiger partial charge in [-0.05, 0) is 49.5 Å². The van der Waals surface area contributed by atoms with E-state index >= 15 is 0 Å². The van der Waals surface area contributed by atoms with E-state index in [9.17, 15) is 9.59 Å². The smallest absolute Gasteiger partial charge is 0.331 e. The number of esters is 1. The summed E-state index contributed by atoms with van der Waals surface area (Å²) < 4.78 is 11.0. The number of amides is 1. The largest absolute Gasteiger partial charge is 0.497 e. The number of ether oxygens (including phenoxy) is 2. The highest BCUT2D eigenvalue weighted by Gasteiger charge is 2.40. The van der Waals surface area contributed by atoms with Gasteiger partial charge in [0, 0.05) is 35.5 Å². The summed E-state index contributed by atoms with van der Waals surface area (Å²) in [4.78, 5) is 33.7. The normalized spacial score (nSPS) is 17.8. The Hall–Kier alpha value is -3.46. The molecule has 0 bridgehead atoms. The molecule has 0 fully saturated rings. The van der Waals surface area contributed by atoms with E-state index in [1.54, 1.807) is 12.0 Å². The number of hydrogen-bond donors (Lipinski definition) is 0. The minimum Gasteiger partial charge on any atom is -0.497 e. The lowest BCUT2D eigenvalue weighted by Crippen LogP contribution is -2.45. The Morgan fingerprint density at radius 3 is 2.65 bits per heavy atom.